The van der Waals surface area contributed by atoms with E-state index in [-0.39, 0.29) is 0 Å². The van der Waals surface area contributed by atoms with E-state index in [0.29, 0.717) is 40.2 Å². The molecule has 0 fully saturated rings. The molecule has 6 aromatic carbocycles. The predicted molar refractivity (Wildman–Crippen MR) is 249 cm³/mol. The zero-order valence-electron chi connectivity index (χ0n) is 33.2. The van der Waals surface area contributed by atoms with Crippen molar-refractivity contribution in [3.05, 3.63) is 206 Å². The van der Waals surface area contributed by atoms with Gasteiger partial charge in [-0.25, -0.2) is 29.9 Å². The summed E-state index contributed by atoms with van der Waals surface area (Å²) in [5.74, 6) is 3.25. The summed E-state index contributed by atoms with van der Waals surface area (Å²) >= 11 is 0. The van der Waals surface area contributed by atoms with Gasteiger partial charge in [0, 0.05) is 38.2 Å². The number of fused-ring (bicyclic) bond motifs is 6. The van der Waals surface area contributed by atoms with E-state index < -0.39 is 0 Å². The maximum atomic E-state index is 5.34. The van der Waals surface area contributed by atoms with Crippen LogP contribution >= 0.6 is 0 Å². The Morgan fingerprint density at radius 3 is 0.968 bits per heavy atom. The van der Waals surface area contributed by atoms with E-state index in [0.717, 1.165) is 50.4 Å². The van der Waals surface area contributed by atoms with E-state index in [1.165, 1.54) is 21.5 Å². The lowest BCUT2D eigenvalue weighted by Crippen LogP contribution is -2.03. The van der Waals surface area contributed by atoms with Gasteiger partial charge in [0.1, 0.15) is 11.6 Å². The van der Waals surface area contributed by atoms with Crippen molar-refractivity contribution in [1.82, 2.24) is 39.0 Å². The van der Waals surface area contributed by atoms with Gasteiger partial charge in [-0.05, 0) is 60.7 Å². The van der Waals surface area contributed by atoms with E-state index in [4.69, 9.17) is 29.9 Å². The van der Waals surface area contributed by atoms with Gasteiger partial charge in [0.25, 0.3) is 0 Å². The Bertz CT molecular complexity index is 3310. The number of hydrogen-bond donors (Lipinski definition) is 0. The van der Waals surface area contributed by atoms with E-state index in [1.807, 2.05) is 109 Å². The molecule has 0 bridgehead atoms. The first-order valence-electron chi connectivity index (χ1n) is 20.5. The second kappa shape index (κ2) is 14.6. The fourth-order valence-electron chi connectivity index (χ4n) is 8.58. The van der Waals surface area contributed by atoms with Crippen LogP contribution in [0, 0.1) is 0 Å². The first-order valence-corrected chi connectivity index (χ1v) is 20.5. The van der Waals surface area contributed by atoms with Gasteiger partial charge >= 0.3 is 0 Å². The van der Waals surface area contributed by atoms with E-state index >= 15 is 0 Å². The monoisotopic (exact) mass is 794 g/mol. The Kier molecular flexibility index (Phi) is 8.31. The Labute approximate surface area is 356 Å². The molecule has 0 amide bonds. The molecule has 0 atom stereocenters. The fourth-order valence-corrected chi connectivity index (χ4v) is 8.58. The van der Waals surface area contributed by atoms with E-state index in [1.54, 1.807) is 0 Å². The number of nitrogens with zero attached hydrogens (tertiary/aromatic N) is 8. The zero-order chi connectivity index (χ0) is 41.0. The minimum Gasteiger partial charge on any atom is -0.294 e. The molecule has 0 saturated heterocycles. The molecule has 0 aliphatic heterocycles. The second-order valence-electron chi connectivity index (χ2n) is 15.2. The van der Waals surface area contributed by atoms with Crippen LogP contribution in [0.15, 0.2) is 206 Å². The highest BCUT2D eigenvalue weighted by Gasteiger charge is 2.19. The largest absolute Gasteiger partial charge is 0.294 e. The average molecular weight is 795 g/mol. The van der Waals surface area contributed by atoms with Gasteiger partial charge in [0.15, 0.2) is 17.5 Å². The SMILES string of the molecule is c1ccc(-c2nc(-c3ccccc3)nc(-c3cc(-c4cccc(-n5c6ccccc6c6ccccc65)n4)nc(-c4cccc(-n5c6ccccc6c6ccccc65)n4)c3)n2)cc1. The highest BCUT2D eigenvalue weighted by molar-refractivity contribution is 6.10. The predicted octanol–water partition coefficient (Wildman–Crippen LogP) is 12.6. The molecule has 0 aliphatic rings. The Morgan fingerprint density at radius 1 is 0.242 bits per heavy atom. The lowest BCUT2D eigenvalue weighted by molar-refractivity contribution is 1.06. The Balaban J connectivity index is 1.08. The van der Waals surface area contributed by atoms with Gasteiger partial charge < -0.3 is 0 Å². The second-order valence-corrected chi connectivity index (χ2v) is 15.2. The standard InChI is InChI=1S/C54H34N8/c1-3-17-35(18-4-1)52-58-53(36-19-5-2-6-20-36)60-54(59-52)37-33-44(42-25-15-31-50(56-42)61-46-27-11-7-21-38(46)39-22-8-12-28-47(39)61)55-45(34-37)43-26-16-32-51(57-43)62-48-29-13-9-23-40(48)41-24-10-14-30-49(41)62/h1-34H. The number of rotatable bonds is 7. The average Bonchev–Trinajstić information content (AvgIpc) is 3.87. The van der Waals surface area contributed by atoms with Crippen LogP contribution in [0.25, 0.3) is 112 Å². The summed E-state index contributed by atoms with van der Waals surface area (Å²) in [5.41, 5.74) is 9.59. The maximum Gasteiger partial charge on any atom is 0.164 e. The summed E-state index contributed by atoms with van der Waals surface area (Å²) < 4.78 is 4.44. The summed E-state index contributed by atoms with van der Waals surface area (Å²) in [6.45, 7) is 0. The molecule has 0 N–H and O–H groups in total. The zero-order valence-corrected chi connectivity index (χ0v) is 33.2. The third-order valence-electron chi connectivity index (χ3n) is 11.4. The van der Waals surface area contributed by atoms with Crippen molar-refractivity contribution in [2.24, 2.45) is 0 Å². The quantitative estimate of drug-likeness (QED) is 0.160. The van der Waals surface area contributed by atoms with Crippen LogP contribution in [-0.4, -0.2) is 39.0 Å². The third-order valence-corrected chi connectivity index (χ3v) is 11.4. The molecule has 0 aliphatic carbocycles. The molecule has 6 aromatic heterocycles. The molecule has 0 saturated carbocycles. The van der Waals surface area contributed by atoms with Crippen molar-refractivity contribution in [3.63, 3.8) is 0 Å². The van der Waals surface area contributed by atoms with Crippen molar-refractivity contribution in [2.45, 2.75) is 0 Å². The Morgan fingerprint density at radius 2 is 0.581 bits per heavy atom. The summed E-state index contributed by atoms with van der Waals surface area (Å²) in [6.07, 6.45) is 0. The number of para-hydroxylation sites is 4. The van der Waals surface area contributed by atoms with Crippen LogP contribution < -0.4 is 0 Å². The minimum absolute atomic E-state index is 0.514. The first-order chi connectivity index (χ1) is 30.7. The molecule has 8 nitrogen and oxygen atoms in total. The first kappa shape index (κ1) is 35.3. The van der Waals surface area contributed by atoms with Crippen molar-refractivity contribution in [2.75, 3.05) is 0 Å². The number of hydrogen-bond acceptors (Lipinski definition) is 6. The van der Waals surface area contributed by atoms with Crippen molar-refractivity contribution >= 4 is 43.6 Å². The molecule has 8 heteroatoms. The highest BCUT2D eigenvalue weighted by Crippen LogP contribution is 2.35. The van der Waals surface area contributed by atoms with Gasteiger partial charge in [-0.15, -0.1) is 0 Å². The van der Waals surface area contributed by atoms with Gasteiger partial charge in [-0.2, -0.15) is 0 Å². The van der Waals surface area contributed by atoms with Gasteiger partial charge in [0.05, 0.1) is 44.8 Å². The molecule has 290 valence electrons. The topological polar surface area (TPSA) is 87.2 Å². The van der Waals surface area contributed by atoms with Crippen molar-refractivity contribution in [3.8, 4) is 68.6 Å². The molecule has 12 rings (SSSR count). The fraction of sp³-hybridized carbons (Fsp3) is 0. The lowest BCUT2D eigenvalue weighted by Gasteiger charge is -2.13. The molecular weight excluding hydrogens is 761 g/mol. The third kappa shape index (κ3) is 6.00. The summed E-state index contributed by atoms with van der Waals surface area (Å²) in [5, 5.41) is 4.69. The van der Waals surface area contributed by atoms with Gasteiger partial charge in [0.2, 0.25) is 0 Å². The van der Waals surface area contributed by atoms with E-state index in [9.17, 15) is 0 Å². The van der Waals surface area contributed by atoms with Crippen LogP contribution in [0.5, 0.6) is 0 Å². The highest BCUT2D eigenvalue weighted by atomic mass is 15.1. The molecular formula is C54H34N8. The van der Waals surface area contributed by atoms with Crippen molar-refractivity contribution in [1.29, 1.82) is 0 Å². The van der Waals surface area contributed by atoms with Crippen LogP contribution in [0.1, 0.15) is 0 Å². The number of aromatic nitrogens is 8. The van der Waals surface area contributed by atoms with Crippen LogP contribution in [0.4, 0.5) is 0 Å². The molecule has 0 radical (unpaired) electrons. The van der Waals surface area contributed by atoms with Gasteiger partial charge in [-0.3, -0.25) is 9.13 Å². The maximum absolute atomic E-state index is 5.34. The molecule has 0 unspecified atom stereocenters. The minimum atomic E-state index is 0.514. The number of pyridine rings is 3. The van der Waals surface area contributed by atoms with E-state index in [2.05, 4.69) is 106 Å². The van der Waals surface area contributed by atoms with Crippen LogP contribution in [0.3, 0.4) is 0 Å². The summed E-state index contributed by atoms with van der Waals surface area (Å²) in [7, 11) is 0. The molecule has 62 heavy (non-hydrogen) atoms. The Hall–Kier alpha value is -8.62. The normalized spacial score (nSPS) is 11.5. The van der Waals surface area contributed by atoms with Crippen molar-refractivity contribution < 1.29 is 0 Å². The van der Waals surface area contributed by atoms with Gasteiger partial charge in [-0.1, -0.05) is 146 Å². The summed E-state index contributed by atoms with van der Waals surface area (Å²) in [4.78, 5) is 31.2. The van der Waals surface area contributed by atoms with Crippen LogP contribution in [-0.2, 0) is 0 Å². The molecule has 0 spiro atoms. The lowest BCUT2D eigenvalue weighted by atomic mass is 10.1. The molecule has 12 aromatic rings. The molecule has 6 heterocycles. The summed E-state index contributed by atoms with van der Waals surface area (Å²) in [6, 6.07) is 70.1. The smallest absolute Gasteiger partial charge is 0.164 e. The van der Waals surface area contributed by atoms with Crippen LogP contribution in [0.2, 0.25) is 0 Å². The number of benzene rings is 6.